The number of piperidine rings is 1. The number of benzene rings is 1. The van der Waals surface area contributed by atoms with Gasteiger partial charge in [0.25, 0.3) is 5.91 Å². The van der Waals surface area contributed by atoms with Crippen LogP contribution in [0.4, 0.5) is 18.9 Å². The van der Waals surface area contributed by atoms with E-state index in [1.165, 1.54) is 12.1 Å². The van der Waals surface area contributed by atoms with E-state index in [1.807, 2.05) is 0 Å². The Morgan fingerprint density at radius 1 is 1.35 bits per heavy atom. The molecule has 126 valence electrons. The van der Waals surface area contributed by atoms with Gasteiger partial charge in [0.15, 0.2) is 6.54 Å². The molecular weight excluding hydrogens is 311 g/mol. The quantitative estimate of drug-likeness (QED) is 0.748. The summed E-state index contributed by atoms with van der Waals surface area (Å²) < 4.78 is 37.9. The number of alkyl halides is 3. The van der Waals surface area contributed by atoms with Gasteiger partial charge in [-0.15, -0.1) is 0 Å². The highest BCUT2D eigenvalue weighted by Gasteiger charge is 2.31. The smallest absolute Gasteiger partial charge is 0.369 e. The SMILES string of the molecule is NC(=O)[C@H]1CCC[NH+](CC(=O)Nc2cccc(C(F)(F)F)c2)C1. The first-order valence-corrected chi connectivity index (χ1v) is 7.35. The third-order valence-electron chi connectivity index (χ3n) is 3.90. The van der Waals surface area contributed by atoms with E-state index >= 15 is 0 Å². The molecule has 1 aromatic carbocycles. The van der Waals surface area contributed by atoms with Gasteiger partial charge in [-0.1, -0.05) is 6.07 Å². The molecule has 1 aliphatic heterocycles. The summed E-state index contributed by atoms with van der Waals surface area (Å²) in [5, 5.41) is 2.47. The number of likely N-dealkylation sites (tertiary alicyclic amines) is 1. The molecule has 0 radical (unpaired) electrons. The van der Waals surface area contributed by atoms with Crippen LogP contribution < -0.4 is 16.0 Å². The Bertz CT molecular complexity index is 590. The summed E-state index contributed by atoms with van der Waals surface area (Å²) in [6, 6.07) is 4.50. The first kappa shape index (κ1) is 17.3. The second-order valence-electron chi connectivity index (χ2n) is 5.75. The highest BCUT2D eigenvalue weighted by atomic mass is 19.4. The van der Waals surface area contributed by atoms with Crippen LogP contribution in [0, 0.1) is 5.92 Å². The Labute approximate surface area is 131 Å². The topological polar surface area (TPSA) is 76.6 Å². The molecular formula is C15H19F3N3O2+. The summed E-state index contributed by atoms with van der Waals surface area (Å²) in [7, 11) is 0. The van der Waals surface area contributed by atoms with Crippen molar-refractivity contribution in [3.8, 4) is 0 Å². The summed E-state index contributed by atoms with van der Waals surface area (Å²) in [5.41, 5.74) is 4.58. The lowest BCUT2D eigenvalue weighted by Gasteiger charge is -2.27. The highest BCUT2D eigenvalue weighted by molar-refractivity contribution is 5.91. The average molecular weight is 330 g/mol. The van der Waals surface area contributed by atoms with Crippen LogP contribution in [0.25, 0.3) is 0 Å². The lowest BCUT2D eigenvalue weighted by atomic mass is 9.97. The number of halogens is 3. The van der Waals surface area contributed by atoms with Crippen LogP contribution in [-0.4, -0.2) is 31.4 Å². The largest absolute Gasteiger partial charge is 0.416 e. The van der Waals surface area contributed by atoms with Crippen LogP contribution >= 0.6 is 0 Å². The molecule has 2 atom stereocenters. The second kappa shape index (κ2) is 6.99. The molecule has 0 spiro atoms. The number of rotatable bonds is 4. The van der Waals surface area contributed by atoms with Gasteiger partial charge < -0.3 is 16.0 Å². The zero-order valence-electron chi connectivity index (χ0n) is 12.5. The fourth-order valence-corrected chi connectivity index (χ4v) is 2.76. The van der Waals surface area contributed by atoms with E-state index in [0.717, 1.165) is 30.0 Å². The molecule has 1 aromatic rings. The lowest BCUT2D eigenvalue weighted by Crippen LogP contribution is -3.14. The minimum atomic E-state index is -4.45. The molecule has 4 N–H and O–H groups in total. The Morgan fingerprint density at radius 3 is 2.74 bits per heavy atom. The van der Waals surface area contributed by atoms with Crippen molar-refractivity contribution in [3.63, 3.8) is 0 Å². The molecule has 23 heavy (non-hydrogen) atoms. The van der Waals surface area contributed by atoms with Crippen LogP contribution in [-0.2, 0) is 15.8 Å². The number of primary amides is 1. The Morgan fingerprint density at radius 2 is 2.09 bits per heavy atom. The van der Waals surface area contributed by atoms with Crippen molar-refractivity contribution in [1.29, 1.82) is 0 Å². The van der Waals surface area contributed by atoms with Crippen molar-refractivity contribution in [2.24, 2.45) is 11.7 Å². The van der Waals surface area contributed by atoms with Gasteiger partial charge >= 0.3 is 6.18 Å². The molecule has 1 heterocycles. The molecule has 0 aromatic heterocycles. The first-order valence-electron chi connectivity index (χ1n) is 7.35. The maximum absolute atomic E-state index is 12.6. The molecule has 0 aliphatic carbocycles. The fraction of sp³-hybridized carbons (Fsp3) is 0.467. The third-order valence-corrected chi connectivity index (χ3v) is 3.90. The predicted octanol–water partition coefficient (Wildman–Crippen LogP) is 0.424. The first-order chi connectivity index (χ1) is 10.8. The number of carbonyl (C=O) groups is 2. The van der Waals surface area contributed by atoms with Gasteiger partial charge in [-0.25, -0.2) is 0 Å². The number of amides is 2. The van der Waals surface area contributed by atoms with Gasteiger partial charge in [0.05, 0.1) is 24.6 Å². The number of hydrogen-bond acceptors (Lipinski definition) is 2. The normalized spacial score (nSPS) is 21.7. The number of carbonyl (C=O) groups excluding carboxylic acids is 2. The monoisotopic (exact) mass is 330 g/mol. The van der Waals surface area contributed by atoms with E-state index in [4.69, 9.17) is 5.73 Å². The van der Waals surface area contributed by atoms with Crippen LogP contribution in [0.3, 0.4) is 0 Å². The number of quaternary nitrogens is 1. The van der Waals surface area contributed by atoms with E-state index < -0.39 is 11.7 Å². The number of nitrogens with two attached hydrogens (primary N) is 1. The van der Waals surface area contributed by atoms with Crippen molar-refractivity contribution in [3.05, 3.63) is 29.8 Å². The molecule has 1 fully saturated rings. The van der Waals surface area contributed by atoms with E-state index in [-0.39, 0.29) is 30.0 Å². The number of anilines is 1. The van der Waals surface area contributed by atoms with Crippen molar-refractivity contribution >= 4 is 17.5 Å². The molecule has 1 unspecified atom stereocenters. The summed E-state index contributed by atoms with van der Waals surface area (Å²) in [4.78, 5) is 24.1. The summed E-state index contributed by atoms with van der Waals surface area (Å²) in [5.74, 6) is -1.01. The maximum Gasteiger partial charge on any atom is 0.416 e. The molecule has 2 amide bonds. The third kappa shape index (κ3) is 4.95. The second-order valence-corrected chi connectivity index (χ2v) is 5.75. The van der Waals surface area contributed by atoms with E-state index in [2.05, 4.69) is 5.32 Å². The van der Waals surface area contributed by atoms with Crippen LogP contribution in [0.2, 0.25) is 0 Å². The predicted molar refractivity (Wildman–Crippen MR) is 77.6 cm³/mol. The molecule has 5 nitrogen and oxygen atoms in total. The van der Waals surface area contributed by atoms with Crippen molar-refractivity contribution < 1.29 is 27.7 Å². The van der Waals surface area contributed by atoms with Gasteiger partial charge in [0.1, 0.15) is 0 Å². The molecule has 0 saturated carbocycles. The summed E-state index contributed by atoms with van der Waals surface area (Å²) in [6.07, 6.45) is -2.94. The van der Waals surface area contributed by atoms with Crippen molar-refractivity contribution in [1.82, 2.24) is 0 Å². The van der Waals surface area contributed by atoms with Gasteiger partial charge in [-0.05, 0) is 31.0 Å². The van der Waals surface area contributed by atoms with Gasteiger partial charge in [-0.2, -0.15) is 13.2 Å². The lowest BCUT2D eigenvalue weighted by molar-refractivity contribution is -0.899. The number of nitrogens with one attached hydrogen (secondary N) is 2. The van der Waals surface area contributed by atoms with Crippen molar-refractivity contribution in [2.45, 2.75) is 19.0 Å². The van der Waals surface area contributed by atoms with Gasteiger partial charge in [0.2, 0.25) is 5.91 Å². The Hall–Kier alpha value is -2.09. The van der Waals surface area contributed by atoms with Crippen LogP contribution in [0.15, 0.2) is 24.3 Å². The van der Waals surface area contributed by atoms with E-state index in [0.29, 0.717) is 13.0 Å². The van der Waals surface area contributed by atoms with Gasteiger partial charge in [0, 0.05) is 5.69 Å². The van der Waals surface area contributed by atoms with Crippen molar-refractivity contribution in [2.75, 3.05) is 25.0 Å². The minimum Gasteiger partial charge on any atom is -0.369 e. The van der Waals surface area contributed by atoms with Crippen LogP contribution in [0.1, 0.15) is 18.4 Å². The molecule has 1 saturated heterocycles. The zero-order chi connectivity index (χ0) is 17.0. The molecule has 0 bridgehead atoms. The summed E-state index contributed by atoms with van der Waals surface area (Å²) in [6.45, 7) is 1.31. The Kier molecular flexibility index (Phi) is 5.25. The van der Waals surface area contributed by atoms with E-state index in [9.17, 15) is 22.8 Å². The maximum atomic E-state index is 12.6. The van der Waals surface area contributed by atoms with Crippen LogP contribution in [0.5, 0.6) is 0 Å². The highest BCUT2D eigenvalue weighted by Crippen LogP contribution is 2.30. The minimum absolute atomic E-state index is 0.0972. The van der Waals surface area contributed by atoms with E-state index in [1.54, 1.807) is 0 Å². The molecule has 8 heteroatoms. The molecule has 2 rings (SSSR count). The Balaban J connectivity index is 1.93. The fourth-order valence-electron chi connectivity index (χ4n) is 2.76. The summed E-state index contributed by atoms with van der Waals surface area (Å²) >= 11 is 0. The molecule has 1 aliphatic rings. The standard InChI is InChI=1S/C15H18F3N3O2/c16-15(17,18)11-4-1-5-12(7-11)20-13(22)9-21-6-2-3-10(8-21)14(19)23/h1,4-5,7,10H,2-3,6,8-9H2,(H2,19,23)(H,20,22)/p+1/t10-/m0/s1. The van der Waals surface area contributed by atoms with Gasteiger partial charge in [-0.3, -0.25) is 9.59 Å². The number of hydrogen-bond donors (Lipinski definition) is 3. The average Bonchev–Trinajstić information content (AvgIpc) is 2.46. The zero-order valence-corrected chi connectivity index (χ0v) is 12.5.